The Morgan fingerprint density at radius 2 is 1.44 bits per heavy atom. The van der Waals surface area contributed by atoms with Crippen LogP contribution in [-0.2, 0) is 33.6 Å². The number of H-pyrrole nitrogens is 3. The number of amides is 1. The first-order valence-corrected chi connectivity index (χ1v) is 14.1. The zero-order valence-corrected chi connectivity index (χ0v) is 24.9. The average molecular weight is 587 g/mol. The van der Waals surface area contributed by atoms with E-state index in [1.165, 1.54) is 0 Å². The normalized spacial score (nSPS) is 15.8. The fourth-order valence-corrected chi connectivity index (χ4v) is 5.75. The van der Waals surface area contributed by atoms with E-state index < -0.39 is 11.9 Å². The van der Waals surface area contributed by atoms with E-state index in [9.17, 15) is 29.7 Å². The first kappa shape index (κ1) is 31.0. The number of rotatable bonds is 12. The number of nitrogens with one attached hydrogen (secondary N) is 4. The molecule has 4 rings (SSSR count). The third-order valence-corrected chi connectivity index (χ3v) is 8.34. The highest BCUT2D eigenvalue weighted by Crippen LogP contribution is 2.27. The number of hydrogen-bond acceptors (Lipinski definition) is 4. The molecule has 4 heterocycles. The van der Waals surface area contributed by atoms with Gasteiger partial charge in [-0.1, -0.05) is 25.3 Å². The van der Waals surface area contributed by atoms with Crippen molar-refractivity contribution in [1.29, 1.82) is 0 Å². The third kappa shape index (κ3) is 6.28. The maximum absolute atomic E-state index is 12.4. The Labute approximate surface area is 249 Å². The molecule has 0 spiro atoms. The molecule has 0 bridgehead atoms. The van der Waals surface area contributed by atoms with Gasteiger partial charge in [0, 0.05) is 58.0 Å². The second kappa shape index (κ2) is 12.5. The van der Waals surface area contributed by atoms with Crippen molar-refractivity contribution in [2.45, 2.75) is 65.8 Å². The summed E-state index contributed by atoms with van der Waals surface area (Å²) in [5, 5.41) is 33.5. The van der Waals surface area contributed by atoms with Gasteiger partial charge < -0.3 is 35.6 Å². The summed E-state index contributed by atoms with van der Waals surface area (Å²) in [7, 11) is 0. The van der Waals surface area contributed by atoms with Crippen molar-refractivity contribution in [2.24, 2.45) is 0 Å². The number of carboxylic acid groups (broad SMARTS) is 2. The predicted molar refractivity (Wildman–Crippen MR) is 165 cm³/mol. The van der Waals surface area contributed by atoms with Crippen molar-refractivity contribution in [3.8, 4) is 5.88 Å². The molecule has 0 fully saturated rings. The number of hydrogen-bond donors (Lipinski definition) is 7. The lowest BCUT2D eigenvalue weighted by atomic mass is 9.98. The number of carboxylic acids is 2. The van der Waals surface area contributed by atoms with Crippen molar-refractivity contribution in [3.05, 3.63) is 91.5 Å². The monoisotopic (exact) mass is 586 g/mol. The van der Waals surface area contributed by atoms with E-state index in [4.69, 9.17) is 0 Å². The Bertz CT molecular complexity index is 1800. The van der Waals surface area contributed by atoms with E-state index in [2.05, 4.69) is 33.4 Å². The summed E-state index contributed by atoms with van der Waals surface area (Å²) in [5.74, 6) is -1.96. The van der Waals surface area contributed by atoms with E-state index in [0.29, 0.717) is 40.7 Å². The molecule has 0 aromatic carbocycles. The molecular formula is C33H38N4O6. The van der Waals surface area contributed by atoms with Crippen LogP contribution in [0.3, 0.4) is 0 Å². The Balaban J connectivity index is 1.88. The standard InChI is InChI=1S/C33H38N4O6/c1-7-20-19(6)32(42)37-27(20)14-25-18(5)23(10-12-31(40)41)29(35-25)15-28-22(9-11-30(38)39)17(4)24(34-28)13-26-16(3)21(8-2)33(43)36-26/h7-8,14-15,26,34-35,37,42H,1-2,9-13H2,3-6H3,(H,36,43)(H,38,39)(H,40,41)/b25-14-,29-15-/t26-/m1/s1. The van der Waals surface area contributed by atoms with Crippen LogP contribution in [0.4, 0.5) is 0 Å². The summed E-state index contributed by atoms with van der Waals surface area (Å²) in [5.41, 5.74) is 8.56. The molecule has 0 saturated heterocycles. The Hall–Kier alpha value is -4.99. The number of aromatic hydroxyl groups is 1. The maximum atomic E-state index is 12.4. The van der Waals surface area contributed by atoms with E-state index >= 15 is 0 Å². The van der Waals surface area contributed by atoms with Gasteiger partial charge in [0.2, 0.25) is 0 Å². The van der Waals surface area contributed by atoms with Gasteiger partial charge in [-0.2, -0.15) is 0 Å². The predicted octanol–water partition coefficient (Wildman–Crippen LogP) is 3.18. The quantitative estimate of drug-likeness (QED) is 0.172. The Kier molecular flexibility index (Phi) is 8.99. The molecule has 0 unspecified atom stereocenters. The first-order chi connectivity index (χ1) is 20.4. The van der Waals surface area contributed by atoms with Crippen LogP contribution in [0.2, 0.25) is 0 Å². The van der Waals surface area contributed by atoms with Crippen molar-refractivity contribution < 1.29 is 29.7 Å². The van der Waals surface area contributed by atoms with Crippen molar-refractivity contribution in [2.75, 3.05) is 0 Å². The number of aliphatic carboxylic acids is 2. The molecular weight excluding hydrogens is 548 g/mol. The number of aromatic nitrogens is 3. The molecule has 3 aromatic rings. The molecule has 1 amide bonds. The van der Waals surface area contributed by atoms with E-state index in [-0.39, 0.29) is 37.1 Å². The van der Waals surface area contributed by atoms with Crippen LogP contribution in [-0.4, -0.2) is 54.2 Å². The third-order valence-electron chi connectivity index (χ3n) is 8.34. The summed E-state index contributed by atoms with van der Waals surface area (Å²) >= 11 is 0. The summed E-state index contributed by atoms with van der Waals surface area (Å²) in [6.07, 6.45) is 7.89. The van der Waals surface area contributed by atoms with E-state index in [1.807, 2.05) is 32.9 Å². The highest BCUT2D eigenvalue weighted by atomic mass is 16.4. The fourth-order valence-electron chi connectivity index (χ4n) is 5.75. The lowest BCUT2D eigenvalue weighted by Crippen LogP contribution is -2.30. The number of carbonyl (C=O) groups excluding carboxylic acids is 1. The summed E-state index contributed by atoms with van der Waals surface area (Å²) in [6.45, 7) is 15.1. The second-order valence-corrected chi connectivity index (χ2v) is 10.9. The highest BCUT2D eigenvalue weighted by molar-refractivity contribution is 6.00. The van der Waals surface area contributed by atoms with Crippen LogP contribution in [0.5, 0.6) is 5.88 Å². The van der Waals surface area contributed by atoms with Crippen molar-refractivity contribution in [3.63, 3.8) is 0 Å². The molecule has 0 aliphatic carbocycles. The Morgan fingerprint density at radius 1 is 0.814 bits per heavy atom. The van der Waals surface area contributed by atoms with E-state index in [1.54, 1.807) is 19.1 Å². The van der Waals surface area contributed by atoms with Crippen molar-refractivity contribution >= 4 is 36.1 Å². The van der Waals surface area contributed by atoms with Crippen LogP contribution in [0, 0.1) is 20.8 Å². The maximum Gasteiger partial charge on any atom is 0.303 e. The minimum atomic E-state index is -0.919. The SMILES string of the molecule is C=CC1=C(C)[C@@H](Cc2[nH]c(/C=c3\[nH]/c(=C\c4[nH]c(O)c(C)c4C=C)c(C)c3CCC(=O)O)c(CCC(=O)O)c2C)NC1=O. The van der Waals surface area contributed by atoms with E-state index in [0.717, 1.165) is 44.4 Å². The molecule has 226 valence electrons. The van der Waals surface area contributed by atoms with Gasteiger partial charge in [-0.25, -0.2) is 0 Å². The molecule has 1 atom stereocenters. The number of carbonyl (C=O) groups is 3. The van der Waals surface area contributed by atoms with Crippen LogP contribution < -0.4 is 16.0 Å². The molecule has 43 heavy (non-hydrogen) atoms. The minimum absolute atomic E-state index is 0.0458. The van der Waals surface area contributed by atoms with Gasteiger partial charge in [0.25, 0.3) is 5.91 Å². The zero-order valence-electron chi connectivity index (χ0n) is 24.9. The summed E-state index contributed by atoms with van der Waals surface area (Å²) in [6, 6.07) is -0.224. The molecule has 3 aromatic heterocycles. The van der Waals surface area contributed by atoms with Gasteiger partial charge in [0.1, 0.15) is 0 Å². The van der Waals surface area contributed by atoms with Crippen LogP contribution in [0.1, 0.15) is 70.2 Å². The lowest BCUT2D eigenvalue weighted by Gasteiger charge is -2.12. The summed E-state index contributed by atoms with van der Waals surface area (Å²) < 4.78 is 0. The molecule has 7 N–H and O–H groups in total. The minimum Gasteiger partial charge on any atom is -0.494 e. The lowest BCUT2D eigenvalue weighted by molar-refractivity contribution is -0.138. The Morgan fingerprint density at radius 3 is 2.02 bits per heavy atom. The van der Waals surface area contributed by atoms with Gasteiger partial charge in [0.15, 0.2) is 5.88 Å². The molecule has 10 heteroatoms. The van der Waals surface area contributed by atoms with Gasteiger partial charge >= 0.3 is 11.9 Å². The molecule has 10 nitrogen and oxygen atoms in total. The second-order valence-electron chi connectivity index (χ2n) is 10.9. The molecule has 0 saturated carbocycles. The largest absolute Gasteiger partial charge is 0.494 e. The average Bonchev–Trinajstić information content (AvgIpc) is 3.59. The van der Waals surface area contributed by atoms with Gasteiger partial charge in [-0.15, -0.1) is 0 Å². The highest BCUT2D eigenvalue weighted by Gasteiger charge is 2.28. The topological polar surface area (TPSA) is 171 Å². The van der Waals surface area contributed by atoms with Crippen molar-refractivity contribution in [1.82, 2.24) is 20.3 Å². The smallest absolute Gasteiger partial charge is 0.303 e. The zero-order chi connectivity index (χ0) is 31.6. The van der Waals surface area contributed by atoms with Crippen LogP contribution in [0.15, 0.2) is 30.4 Å². The molecule has 1 aliphatic rings. The fraction of sp³-hybridized carbons (Fsp3) is 0.303. The molecule has 1 aliphatic heterocycles. The van der Waals surface area contributed by atoms with Gasteiger partial charge in [-0.05, 0) is 80.5 Å². The van der Waals surface area contributed by atoms with Crippen LogP contribution in [0.25, 0.3) is 18.2 Å². The van der Waals surface area contributed by atoms with Crippen LogP contribution >= 0.6 is 0 Å². The van der Waals surface area contributed by atoms with Gasteiger partial charge in [0.05, 0.1) is 11.7 Å². The first-order valence-electron chi connectivity index (χ1n) is 14.1. The molecule has 0 radical (unpaired) electrons. The van der Waals surface area contributed by atoms with Gasteiger partial charge in [-0.3, -0.25) is 14.4 Å². The number of aromatic amines is 3. The summed E-state index contributed by atoms with van der Waals surface area (Å²) in [4.78, 5) is 45.3.